The van der Waals surface area contributed by atoms with Crippen molar-refractivity contribution in [1.82, 2.24) is 14.8 Å². The van der Waals surface area contributed by atoms with Crippen LogP contribution in [0.1, 0.15) is 16.2 Å². The summed E-state index contributed by atoms with van der Waals surface area (Å²) in [6, 6.07) is 3.64. The number of esters is 1. The van der Waals surface area contributed by atoms with Gasteiger partial charge in [-0.2, -0.15) is 0 Å². The number of methoxy groups -OCH3 is 1. The number of nitrogens with two attached hydrogens (primary N) is 1. The second-order valence-electron chi connectivity index (χ2n) is 3.66. The summed E-state index contributed by atoms with van der Waals surface area (Å²) in [5.41, 5.74) is 8.15. The molecule has 1 aromatic carbocycles. The minimum atomic E-state index is -0.572. The number of carbonyl (C=O) groups excluding carboxylic acids is 1. The fourth-order valence-corrected chi connectivity index (χ4v) is 1.96. The molecular weight excluding hydrogens is 300 g/mol. The fourth-order valence-electron chi connectivity index (χ4n) is 1.42. The van der Waals surface area contributed by atoms with E-state index in [1.807, 2.05) is 13.0 Å². The van der Waals surface area contributed by atoms with Gasteiger partial charge in [-0.25, -0.2) is 14.5 Å². The van der Waals surface area contributed by atoms with E-state index in [2.05, 4.69) is 30.7 Å². The second-order valence-corrected chi connectivity index (χ2v) is 4.52. The van der Waals surface area contributed by atoms with Crippen molar-refractivity contribution in [3.63, 3.8) is 0 Å². The molecule has 0 bridgehead atoms. The lowest BCUT2D eigenvalue weighted by atomic mass is 10.2. The molecule has 18 heavy (non-hydrogen) atoms. The van der Waals surface area contributed by atoms with Crippen LogP contribution < -0.4 is 5.73 Å². The Morgan fingerprint density at radius 2 is 2.22 bits per heavy atom. The van der Waals surface area contributed by atoms with E-state index in [-0.39, 0.29) is 5.82 Å². The number of halogens is 1. The first-order valence-corrected chi connectivity index (χ1v) is 5.88. The van der Waals surface area contributed by atoms with Gasteiger partial charge in [0.2, 0.25) is 0 Å². The van der Waals surface area contributed by atoms with Gasteiger partial charge in [-0.05, 0) is 40.5 Å². The standard InChI is InChI=1S/C11H11BrN4O2/c1-6-3-9(7(12)4-8(6)13)16-5-14-10(15-16)11(17)18-2/h3-5H,13H2,1-2H3. The summed E-state index contributed by atoms with van der Waals surface area (Å²) < 4.78 is 6.81. The lowest BCUT2D eigenvalue weighted by molar-refractivity contribution is 0.0587. The highest BCUT2D eigenvalue weighted by Crippen LogP contribution is 2.25. The van der Waals surface area contributed by atoms with Crippen LogP contribution in [0.15, 0.2) is 22.9 Å². The Hall–Kier alpha value is -1.89. The maximum Gasteiger partial charge on any atom is 0.377 e. The molecule has 0 saturated heterocycles. The number of ether oxygens (including phenoxy) is 1. The third-order valence-electron chi connectivity index (χ3n) is 2.44. The highest BCUT2D eigenvalue weighted by atomic mass is 79.9. The van der Waals surface area contributed by atoms with Crippen molar-refractivity contribution in [2.75, 3.05) is 12.8 Å². The molecular formula is C11H11BrN4O2. The van der Waals surface area contributed by atoms with Crippen LogP contribution >= 0.6 is 15.9 Å². The molecule has 2 N–H and O–H groups in total. The smallest absolute Gasteiger partial charge is 0.377 e. The van der Waals surface area contributed by atoms with Gasteiger partial charge in [0.15, 0.2) is 0 Å². The quantitative estimate of drug-likeness (QED) is 0.674. The van der Waals surface area contributed by atoms with Gasteiger partial charge in [0, 0.05) is 10.2 Å². The van der Waals surface area contributed by atoms with Crippen LogP contribution in [-0.2, 0) is 4.74 Å². The van der Waals surface area contributed by atoms with Gasteiger partial charge >= 0.3 is 5.97 Å². The van der Waals surface area contributed by atoms with E-state index in [9.17, 15) is 4.79 Å². The minimum absolute atomic E-state index is 0.0129. The van der Waals surface area contributed by atoms with Crippen molar-refractivity contribution < 1.29 is 9.53 Å². The van der Waals surface area contributed by atoms with Crippen molar-refractivity contribution in [3.8, 4) is 5.69 Å². The topological polar surface area (TPSA) is 83.0 Å². The normalized spacial score (nSPS) is 10.4. The summed E-state index contributed by atoms with van der Waals surface area (Å²) in [6.07, 6.45) is 1.45. The van der Waals surface area contributed by atoms with Crippen LogP contribution in [0, 0.1) is 6.92 Å². The molecule has 0 atom stereocenters. The van der Waals surface area contributed by atoms with Gasteiger partial charge < -0.3 is 10.5 Å². The summed E-state index contributed by atoms with van der Waals surface area (Å²) in [5.74, 6) is -0.559. The van der Waals surface area contributed by atoms with Gasteiger partial charge in [0.25, 0.3) is 5.82 Å². The summed E-state index contributed by atoms with van der Waals surface area (Å²) in [7, 11) is 1.28. The lowest BCUT2D eigenvalue weighted by Crippen LogP contribution is -2.05. The van der Waals surface area contributed by atoms with Crippen LogP contribution in [0.3, 0.4) is 0 Å². The van der Waals surface area contributed by atoms with Gasteiger partial charge in [-0.15, -0.1) is 5.10 Å². The minimum Gasteiger partial charge on any atom is -0.463 e. The Kier molecular flexibility index (Phi) is 3.33. The summed E-state index contributed by atoms with van der Waals surface area (Å²) in [5, 5.41) is 4.04. The number of hydrogen-bond acceptors (Lipinski definition) is 5. The Morgan fingerprint density at radius 3 is 2.89 bits per heavy atom. The zero-order chi connectivity index (χ0) is 13.3. The monoisotopic (exact) mass is 310 g/mol. The van der Waals surface area contributed by atoms with Crippen molar-refractivity contribution in [2.45, 2.75) is 6.92 Å². The zero-order valence-electron chi connectivity index (χ0n) is 9.85. The van der Waals surface area contributed by atoms with E-state index < -0.39 is 5.97 Å². The van der Waals surface area contributed by atoms with Crippen LogP contribution in [0.25, 0.3) is 5.69 Å². The Labute approximate surface area is 112 Å². The van der Waals surface area contributed by atoms with Crippen LogP contribution in [0.2, 0.25) is 0 Å². The van der Waals surface area contributed by atoms with E-state index in [0.717, 1.165) is 15.7 Å². The molecule has 2 aromatic rings. The molecule has 0 aliphatic rings. The summed E-state index contributed by atoms with van der Waals surface area (Å²) in [4.78, 5) is 15.2. The molecule has 0 amide bonds. The SMILES string of the molecule is COC(=O)c1ncn(-c2cc(C)c(N)cc2Br)n1. The van der Waals surface area contributed by atoms with Crippen molar-refractivity contribution in [3.05, 3.63) is 34.3 Å². The average molecular weight is 311 g/mol. The van der Waals surface area contributed by atoms with E-state index in [0.29, 0.717) is 5.69 Å². The summed E-state index contributed by atoms with van der Waals surface area (Å²) in [6.45, 7) is 1.89. The first-order valence-electron chi connectivity index (χ1n) is 5.09. The van der Waals surface area contributed by atoms with E-state index >= 15 is 0 Å². The van der Waals surface area contributed by atoms with Crippen LogP contribution in [-0.4, -0.2) is 27.8 Å². The van der Waals surface area contributed by atoms with Crippen molar-refractivity contribution in [2.24, 2.45) is 0 Å². The number of benzene rings is 1. The number of aromatic nitrogens is 3. The molecule has 0 aliphatic heterocycles. The number of rotatable bonds is 2. The van der Waals surface area contributed by atoms with E-state index in [1.54, 1.807) is 6.07 Å². The lowest BCUT2D eigenvalue weighted by Gasteiger charge is -2.07. The Bertz CT molecular complexity index is 609. The van der Waals surface area contributed by atoms with Gasteiger partial charge in [0.05, 0.1) is 12.8 Å². The number of nitrogens with zero attached hydrogens (tertiary/aromatic N) is 3. The molecule has 94 valence electrons. The van der Waals surface area contributed by atoms with Gasteiger partial charge in [-0.3, -0.25) is 0 Å². The molecule has 2 rings (SSSR count). The molecule has 0 radical (unpaired) electrons. The number of anilines is 1. The van der Waals surface area contributed by atoms with E-state index in [4.69, 9.17) is 5.73 Å². The molecule has 1 aromatic heterocycles. The first kappa shape index (κ1) is 12.6. The predicted molar refractivity (Wildman–Crippen MR) is 69.5 cm³/mol. The fraction of sp³-hybridized carbons (Fsp3) is 0.182. The molecule has 0 saturated carbocycles. The number of carbonyl (C=O) groups is 1. The van der Waals surface area contributed by atoms with Crippen molar-refractivity contribution in [1.29, 1.82) is 0 Å². The highest BCUT2D eigenvalue weighted by molar-refractivity contribution is 9.10. The number of hydrogen-bond donors (Lipinski definition) is 1. The van der Waals surface area contributed by atoms with Gasteiger partial charge in [-0.1, -0.05) is 0 Å². The zero-order valence-corrected chi connectivity index (χ0v) is 11.4. The maximum absolute atomic E-state index is 11.3. The predicted octanol–water partition coefficient (Wildman–Crippen LogP) is 1.71. The molecule has 0 unspecified atom stereocenters. The Balaban J connectivity index is 2.46. The second kappa shape index (κ2) is 4.77. The summed E-state index contributed by atoms with van der Waals surface area (Å²) >= 11 is 3.40. The molecule has 1 heterocycles. The third-order valence-corrected chi connectivity index (χ3v) is 3.08. The number of nitrogen functional groups attached to an aromatic ring is 1. The maximum atomic E-state index is 11.3. The average Bonchev–Trinajstić information content (AvgIpc) is 2.82. The molecule has 6 nitrogen and oxygen atoms in total. The molecule has 7 heteroatoms. The number of aryl methyl sites for hydroxylation is 1. The van der Waals surface area contributed by atoms with Crippen LogP contribution in [0.5, 0.6) is 0 Å². The highest BCUT2D eigenvalue weighted by Gasteiger charge is 2.13. The first-order chi connectivity index (χ1) is 8.52. The van der Waals surface area contributed by atoms with E-state index in [1.165, 1.54) is 18.1 Å². The molecule has 0 spiro atoms. The van der Waals surface area contributed by atoms with Crippen molar-refractivity contribution >= 4 is 27.6 Å². The molecule has 0 fully saturated rings. The van der Waals surface area contributed by atoms with Gasteiger partial charge in [0.1, 0.15) is 6.33 Å². The van der Waals surface area contributed by atoms with Crippen LogP contribution in [0.4, 0.5) is 5.69 Å². The third kappa shape index (κ3) is 2.21. The molecule has 0 aliphatic carbocycles. The largest absolute Gasteiger partial charge is 0.463 e. The Morgan fingerprint density at radius 1 is 1.50 bits per heavy atom.